The maximum Gasteiger partial charge on any atom is 0.243 e. The summed E-state index contributed by atoms with van der Waals surface area (Å²) in [6.45, 7) is 6.61. The average Bonchev–Trinajstić information content (AvgIpc) is 2.83. The standard InChI is InChI=1S/C16H23N3O2S/c1-16(2,3)14-6-8-15(9-7-14)22(20,21)19(5)12-13-10-17-18(4)11-13/h6-11H,12H2,1-5H3. The van der Waals surface area contributed by atoms with E-state index in [-0.39, 0.29) is 5.41 Å². The van der Waals surface area contributed by atoms with Crippen LogP contribution in [0.3, 0.4) is 0 Å². The van der Waals surface area contributed by atoms with E-state index in [2.05, 4.69) is 25.9 Å². The van der Waals surface area contributed by atoms with Gasteiger partial charge in [0.25, 0.3) is 0 Å². The topological polar surface area (TPSA) is 55.2 Å². The Morgan fingerprint density at radius 2 is 1.77 bits per heavy atom. The maximum absolute atomic E-state index is 12.6. The molecule has 2 rings (SSSR count). The van der Waals surface area contributed by atoms with Crippen LogP contribution in [0.15, 0.2) is 41.6 Å². The summed E-state index contributed by atoms with van der Waals surface area (Å²) in [6, 6.07) is 7.11. The van der Waals surface area contributed by atoms with E-state index < -0.39 is 10.0 Å². The Hall–Kier alpha value is -1.66. The van der Waals surface area contributed by atoms with Crippen molar-refractivity contribution in [3.63, 3.8) is 0 Å². The molecule has 0 amide bonds. The van der Waals surface area contributed by atoms with Crippen LogP contribution < -0.4 is 0 Å². The van der Waals surface area contributed by atoms with Gasteiger partial charge in [-0.25, -0.2) is 8.42 Å². The van der Waals surface area contributed by atoms with Crippen LogP contribution in [0.25, 0.3) is 0 Å². The second-order valence-electron chi connectivity index (χ2n) is 6.56. The molecule has 1 aromatic heterocycles. The van der Waals surface area contributed by atoms with E-state index in [1.807, 2.05) is 25.4 Å². The zero-order valence-corrected chi connectivity index (χ0v) is 14.6. The largest absolute Gasteiger partial charge is 0.275 e. The monoisotopic (exact) mass is 321 g/mol. The first-order chi connectivity index (χ1) is 10.1. The molecule has 0 aliphatic heterocycles. The van der Waals surface area contributed by atoms with Gasteiger partial charge in [-0.1, -0.05) is 32.9 Å². The Morgan fingerprint density at radius 1 is 1.18 bits per heavy atom. The van der Waals surface area contributed by atoms with Gasteiger partial charge < -0.3 is 0 Å². The fraction of sp³-hybridized carbons (Fsp3) is 0.438. The highest BCUT2D eigenvalue weighted by Crippen LogP contribution is 2.24. The molecule has 2 aromatic rings. The second-order valence-corrected chi connectivity index (χ2v) is 8.60. The van der Waals surface area contributed by atoms with Crippen LogP contribution in [-0.2, 0) is 29.0 Å². The number of aryl methyl sites for hydroxylation is 1. The third-order valence-electron chi connectivity index (χ3n) is 3.59. The summed E-state index contributed by atoms with van der Waals surface area (Å²) in [5.74, 6) is 0. The summed E-state index contributed by atoms with van der Waals surface area (Å²) in [4.78, 5) is 0.312. The van der Waals surface area contributed by atoms with Crippen molar-refractivity contribution < 1.29 is 8.42 Å². The van der Waals surface area contributed by atoms with Gasteiger partial charge in [0.2, 0.25) is 10.0 Å². The molecule has 0 bridgehead atoms. The van der Waals surface area contributed by atoms with Gasteiger partial charge in [0.15, 0.2) is 0 Å². The summed E-state index contributed by atoms with van der Waals surface area (Å²) in [5.41, 5.74) is 1.98. The van der Waals surface area contributed by atoms with Crippen molar-refractivity contribution in [1.82, 2.24) is 14.1 Å². The van der Waals surface area contributed by atoms with Crippen molar-refractivity contribution in [1.29, 1.82) is 0 Å². The number of nitrogens with zero attached hydrogens (tertiary/aromatic N) is 3. The van der Waals surface area contributed by atoms with Crippen molar-refractivity contribution >= 4 is 10.0 Å². The van der Waals surface area contributed by atoms with Gasteiger partial charge in [0, 0.05) is 32.4 Å². The molecule has 0 aliphatic carbocycles. The number of aromatic nitrogens is 2. The second kappa shape index (κ2) is 5.85. The number of sulfonamides is 1. The molecule has 1 heterocycles. The minimum absolute atomic E-state index is 0.00387. The highest BCUT2D eigenvalue weighted by Gasteiger charge is 2.22. The molecule has 0 unspecified atom stereocenters. The smallest absolute Gasteiger partial charge is 0.243 e. The zero-order valence-electron chi connectivity index (χ0n) is 13.7. The molecule has 6 heteroatoms. The Labute approximate surface area is 132 Å². The summed E-state index contributed by atoms with van der Waals surface area (Å²) in [7, 11) is -0.102. The minimum Gasteiger partial charge on any atom is -0.275 e. The zero-order chi connectivity index (χ0) is 16.5. The fourth-order valence-electron chi connectivity index (χ4n) is 2.20. The number of hydrogen-bond donors (Lipinski definition) is 0. The molecule has 0 fully saturated rings. The Kier molecular flexibility index (Phi) is 4.44. The summed E-state index contributed by atoms with van der Waals surface area (Å²) in [5, 5.41) is 4.06. The average molecular weight is 321 g/mol. The summed E-state index contributed by atoms with van der Waals surface area (Å²) < 4.78 is 28.2. The lowest BCUT2D eigenvalue weighted by Crippen LogP contribution is -2.26. The predicted molar refractivity (Wildman–Crippen MR) is 87.0 cm³/mol. The van der Waals surface area contributed by atoms with Crippen LogP contribution in [0.5, 0.6) is 0 Å². The Balaban J connectivity index is 2.22. The first-order valence-corrected chi connectivity index (χ1v) is 8.59. The highest BCUT2D eigenvalue weighted by molar-refractivity contribution is 7.89. The van der Waals surface area contributed by atoms with Gasteiger partial charge in [0.1, 0.15) is 0 Å². The minimum atomic E-state index is -3.49. The molecule has 0 spiro atoms. The lowest BCUT2D eigenvalue weighted by molar-refractivity contribution is 0.466. The van der Waals surface area contributed by atoms with Crippen molar-refractivity contribution in [3.05, 3.63) is 47.8 Å². The Morgan fingerprint density at radius 3 is 2.23 bits per heavy atom. The van der Waals surface area contributed by atoms with Crippen LogP contribution in [0.1, 0.15) is 31.9 Å². The molecule has 1 aromatic carbocycles. The predicted octanol–water partition coefficient (Wildman–Crippen LogP) is 2.54. The van der Waals surface area contributed by atoms with Gasteiger partial charge >= 0.3 is 0 Å². The van der Waals surface area contributed by atoms with E-state index >= 15 is 0 Å². The van der Waals surface area contributed by atoms with Crippen LogP contribution in [0, 0.1) is 0 Å². The third kappa shape index (κ3) is 3.56. The maximum atomic E-state index is 12.6. The van der Waals surface area contributed by atoms with E-state index in [0.29, 0.717) is 11.4 Å². The third-order valence-corrected chi connectivity index (χ3v) is 5.41. The van der Waals surface area contributed by atoms with E-state index in [9.17, 15) is 8.42 Å². The Bertz CT molecular complexity index is 740. The number of hydrogen-bond acceptors (Lipinski definition) is 3. The van der Waals surface area contributed by atoms with Crippen molar-refractivity contribution in [2.75, 3.05) is 7.05 Å². The van der Waals surface area contributed by atoms with Crippen LogP contribution >= 0.6 is 0 Å². The number of benzene rings is 1. The van der Waals surface area contributed by atoms with Crippen molar-refractivity contribution in [2.24, 2.45) is 7.05 Å². The molecule has 0 aliphatic rings. The van der Waals surface area contributed by atoms with Crippen molar-refractivity contribution in [2.45, 2.75) is 37.6 Å². The molecular weight excluding hydrogens is 298 g/mol. The first-order valence-electron chi connectivity index (χ1n) is 7.15. The molecule has 0 saturated carbocycles. The van der Waals surface area contributed by atoms with Crippen molar-refractivity contribution in [3.8, 4) is 0 Å². The van der Waals surface area contributed by atoms with Crippen LogP contribution in [0.2, 0.25) is 0 Å². The molecule has 0 radical (unpaired) electrons. The summed E-state index contributed by atoms with van der Waals surface area (Å²) in [6.07, 6.45) is 3.49. The molecule has 120 valence electrons. The number of rotatable bonds is 4. The fourth-order valence-corrected chi connectivity index (χ4v) is 3.36. The normalized spacial score (nSPS) is 12.8. The van der Waals surface area contributed by atoms with Crippen LogP contribution in [0.4, 0.5) is 0 Å². The van der Waals surface area contributed by atoms with Gasteiger partial charge in [0.05, 0.1) is 11.1 Å². The molecule has 0 atom stereocenters. The van der Waals surface area contributed by atoms with E-state index in [1.54, 1.807) is 30.1 Å². The first kappa shape index (κ1) is 16.7. The van der Waals surface area contributed by atoms with E-state index in [4.69, 9.17) is 0 Å². The molecular formula is C16H23N3O2S. The molecule has 5 nitrogen and oxygen atoms in total. The van der Waals surface area contributed by atoms with Gasteiger partial charge in [-0.15, -0.1) is 0 Å². The molecule has 0 saturated heterocycles. The van der Waals surface area contributed by atoms with Crippen LogP contribution in [-0.4, -0.2) is 29.6 Å². The molecule has 0 N–H and O–H groups in total. The lowest BCUT2D eigenvalue weighted by atomic mass is 9.87. The van der Waals surface area contributed by atoms with Gasteiger partial charge in [-0.05, 0) is 23.1 Å². The summed E-state index contributed by atoms with van der Waals surface area (Å²) >= 11 is 0. The quantitative estimate of drug-likeness (QED) is 0.869. The van der Waals surface area contributed by atoms with E-state index in [0.717, 1.165) is 11.1 Å². The van der Waals surface area contributed by atoms with Gasteiger partial charge in [-0.3, -0.25) is 4.68 Å². The highest BCUT2D eigenvalue weighted by atomic mass is 32.2. The molecule has 22 heavy (non-hydrogen) atoms. The van der Waals surface area contributed by atoms with E-state index in [1.165, 1.54) is 4.31 Å². The van der Waals surface area contributed by atoms with Gasteiger partial charge in [-0.2, -0.15) is 9.40 Å². The SMILES string of the molecule is CN(Cc1cnn(C)c1)S(=O)(=O)c1ccc(C(C)(C)C)cc1. The lowest BCUT2D eigenvalue weighted by Gasteiger charge is -2.20.